The lowest BCUT2D eigenvalue weighted by Gasteiger charge is -2.48. The molecule has 3 aliphatic carbocycles. The second-order valence-corrected chi connectivity index (χ2v) is 16.8. The quantitative estimate of drug-likeness (QED) is 0.231. The summed E-state index contributed by atoms with van der Waals surface area (Å²) >= 11 is 0. The van der Waals surface area contributed by atoms with Gasteiger partial charge in [0.1, 0.15) is 0 Å². The zero-order valence-electron chi connectivity index (χ0n) is 31.1. The van der Waals surface area contributed by atoms with E-state index in [2.05, 4.69) is 149 Å². The monoisotopic (exact) mass is 573 g/mol. The third-order valence-electron chi connectivity index (χ3n) is 11.0. The van der Waals surface area contributed by atoms with Crippen molar-refractivity contribution in [2.75, 3.05) is 0 Å². The summed E-state index contributed by atoms with van der Waals surface area (Å²) in [5.41, 5.74) is 13.3. The Kier molecular flexibility index (Phi) is 10.3. The molecular formula is C42H68. The minimum absolute atomic E-state index is 0.0762. The highest BCUT2D eigenvalue weighted by Crippen LogP contribution is 2.68. The van der Waals surface area contributed by atoms with Crippen molar-refractivity contribution >= 4 is 0 Å². The second kappa shape index (κ2) is 12.4. The topological polar surface area (TPSA) is 0 Å². The van der Waals surface area contributed by atoms with Crippen LogP contribution in [-0.4, -0.2) is 0 Å². The SMILES string of the molecule is CC(C)C1=C(C(C)C)C(C2=C(C3(C(C)C)C=CC(C(C)C)=C3C(C)C)C(C(C)C)C(C(C)C)=C2C(C)C)(C(C)C)C=C1. The van der Waals surface area contributed by atoms with Crippen molar-refractivity contribution in [3.63, 3.8) is 0 Å². The van der Waals surface area contributed by atoms with E-state index < -0.39 is 0 Å². The molecule has 0 aromatic carbocycles. The van der Waals surface area contributed by atoms with E-state index in [1.807, 2.05) is 0 Å². The van der Waals surface area contributed by atoms with Crippen LogP contribution >= 0.6 is 0 Å². The summed E-state index contributed by atoms with van der Waals surface area (Å²) in [5.74, 6) is 4.93. The molecule has 0 aromatic heterocycles. The van der Waals surface area contributed by atoms with Crippen LogP contribution in [0.25, 0.3) is 0 Å². The minimum Gasteiger partial charge on any atom is -0.0696 e. The molecule has 0 nitrogen and oxygen atoms in total. The van der Waals surface area contributed by atoms with E-state index >= 15 is 0 Å². The van der Waals surface area contributed by atoms with Gasteiger partial charge < -0.3 is 0 Å². The van der Waals surface area contributed by atoms with Crippen LogP contribution in [0.5, 0.6) is 0 Å². The van der Waals surface area contributed by atoms with Gasteiger partial charge in [0.25, 0.3) is 0 Å². The predicted molar refractivity (Wildman–Crippen MR) is 188 cm³/mol. The van der Waals surface area contributed by atoms with Crippen LogP contribution in [0.15, 0.2) is 68.9 Å². The van der Waals surface area contributed by atoms with E-state index in [0.29, 0.717) is 59.2 Å². The highest BCUT2D eigenvalue weighted by molar-refractivity contribution is 5.68. The Morgan fingerprint density at radius 1 is 0.476 bits per heavy atom. The van der Waals surface area contributed by atoms with Gasteiger partial charge in [-0.15, -0.1) is 0 Å². The lowest BCUT2D eigenvalue weighted by molar-refractivity contribution is 0.293. The first-order valence-electron chi connectivity index (χ1n) is 17.7. The zero-order valence-corrected chi connectivity index (χ0v) is 31.1. The first kappa shape index (κ1) is 34.9. The average Bonchev–Trinajstić information content (AvgIpc) is 3.54. The first-order chi connectivity index (χ1) is 19.3. The molecule has 0 spiro atoms. The second-order valence-electron chi connectivity index (χ2n) is 16.8. The maximum atomic E-state index is 2.70. The van der Waals surface area contributed by atoms with Crippen molar-refractivity contribution in [2.24, 2.45) is 70.0 Å². The highest BCUT2D eigenvalue weighted by Gasteiger charge is 2.57. The van der Waals surface area contributed by atoms with E-state index in [4.69, 9.17) is 0 Å². The molecule has 0 fully saturated rings. The van der Waals surface area contributed by atoms with E-state index in [0.717, 1.165) is 0 Å². The molecule has 236 valence electrons. The summed E-state index contributed by atoms with van der Waals surface area (Å²) in [6.45, 7) is 44.5. The molecule has 0 heterocycles. The smallest absolute Gasteiger partial charge is 0.0378 e. The summed E-state index contributed by atoms with van der Waals surface area (Å²) in [7, 11) is 0. The molecule has 42 heavy (non-hydrogen) atoms. The molecule has 0 aromatic rings. The maximum absolute atomic E-state index is 2.70. The van der Waals surface area contributed by atoms with Gasteiger partial charge in [0.05, 0.1) is 0 Å². The van der Waals surface area contributed by atoms with Crippen molar-refractivity contribution in [3.05, 3.63) is 68.9 Å². The van der Waals surface area contributed by atoms with Gasteiger partial charge in [-0.2, -0.15) is 0 Å². The molecule has 0 radical (unpaired) electrons. The van der Waals surface area contributed by atoms with Crippen molar-refractivity contribution in [3.8, 4) is 0 Å². The molecule has 0 N–H and O–H groups in total. The summed E-state index contributed by atoms with van der Waals surface area (Å²) in [4.78, 5) is 0. The molecular weight excluding hydrogens is 504 g/mol. The summed E-state index contributed by atoms with van der Waals surface area (Å²) in [5, 5.41) is 0. The molecule has 0 saturated carbocycles. The van der Waals surface area contributed by atoms with E-state index in [1.165, 1.54) is 0 Å². The van der Waals surface area contributed by atoms with Gasteiger partial charge in [0.15, 0.2) is 0 Å². The zero-order chi connectivity index (χ0) is 32.2. The third-order valence-corrected chi connectivity index (χ3v) is 11.0. The van der Waals surface area contributed by atoms with Crippen LogP contribution in [0.2, 0.25) is 0 Å². The fourth-order valence-corrected chi connectivity index (χ4v) is 9.63. The largest absolute Gasteiger partial charge is 0.0696 e. The van der Waals surface area contributed by atoms with Crippen LogP contribution < -0.4 is 0 Å². The van der Waals surface area contributed by atoms with Gasteiger partial charge in [-0.1, -0.05) is 155 Å². The Bertz CT molecular complexity index is 1210. The van der Waals surface area contributed by atoms with Crippen molar-refractivity contribution in [2.45, 2.75) is 125 Å². The van der Waals surface area contributed by atoms with E-state index in [-0.39, 0.29) is 10.8 Å². The fourth-order valence-electron chi connectivity index (χ4n) is 9.63. The number of allylic oxidation sites excluding steroid dienone is 12. The molecule has 0 heteroatoms. The van der Waals surface area contributed by atoms with Gasteiger partial charge in [-0.3, -0.25) is 0 Å². The maximum Gasteiger partial charge on any atom is 0.0378 e. The van der Waals surface area contributed by atoms with Crippen LogP contribution in [-0.2, 0) is 0 Å². The van der Waals surface area contributed by atoms with Gasteiger partial charge in [0, 0.05) is 16.7 Å². The molecule has 0 saturated heterocycles. The Morgan fingerprint density at radius 3 is 1.19 bits per heavy atom. The van der Waals surface area contributed by atoms with Crippen LogP contribution in [0.3, 0.4) is 0 Å². The molecule has 3 unspecified atom stereocenters. The van der Waals surface area contributed by atoms with Crippen molar-refractivity contribution < 1.29 is 0 Å². The van der Waals surface area contributed by atoms with Gasteiger partial charge in [0.2, 0.25) is 0 Å². The molecule has 3 atom stereocenters. The van der Waals surface area contributed by atoms with Gasteiger partial charge in [-0.05, 0) is 92.3 Å². The lowest BCUT2D eigenvalue weighted by Crippen LogP contribution is -2.40. The molecule has 3 rings (SSSR count). The van der Waals surface area contributed by atoms with Gasteiger partial charge >= 0.3 is 0 Å². The molecule has 0 amide bonds. The molecule has 0 bridgehead atoms. The van der Waals surface area contributed by atoms with Crippen molar-refractivity contribution in [1.29, 1.82) is 0 Å². The summed E-state index contributed by atoms with van der Waals surface area (Å²) < 4.78 is 0. The predicted octanol–water partition coefficient (Wildman–Crippen LogP) is 12.8. The van der Waals surface area contributed by atoms with E-state index in [1.54, 1.807) is 44.6 Å². The van der Waals surface area contributed by atoms with Gasteiger partial charge in [-0.25, -0.2) is 0 Å². The lowest BCUT2D eigenvalue weighted by atomic mass is 9.55. The Hall–Kier alpha value is -1.56. The highest BCUT2D eigenvalue weighted by atomic mass is 14.6. The summed E-state index contributed by atoms with van der Waals surface area (Å²) in [6, 6.07) is 0. The minimum atomic E-state index is -0.0924. The number of rotatable bonds is 11. The number of hydrogen-bond acceptors (Lipinski definition) is 0. The van der Waals surface area contributed by atoms with Crippen LogP contribution in [0, 0.1) is 70.0 Å². The Morgan fingerprint density at radius 2 is 0.881 bits per heavy atom. The summed E-state index contributed by atoms with van der Waals surface area (Å²) in [6.07, 6.45) is 10.5. The Labute approximate surface area is 263 Å². The number of hydrogen-bond donors (Lipinski definition) is 0. The standard InChI is InChI=1S/C42H68/c1-23(2)32-19-21-41(30(15)16,37(32)28(11)12)39-35(26(7)8)34(25(5)6)36(27(9)10)40(39)42(31(17)18)22-20-33(24(3)4)38(42)29(13)14/h19-31,35H,1-18H3. The van der Waals surface area contributed by atoms with Crippen LogP contribution in [0.4, 0.5) is 0 Å². The third kappa shape index (κ3) is 5.13. The van der Waals surface area contributed by atoms with Crippen LogP contribution in [0.1, 0.15) is 125 Å². The van der Waals surface area contributed by atoms with Crippen molar-refractivity contribution in [1.82, 2.24) is 0 Å². The van der Waals surface area contributed by atoms with E-state index in [9.17, 15) is 0 Å². The average molecular weight is 573 g/mol. The fraction of sp³-hybridized carbons (Fsp3) is 0.714. The first-order valence-corrected chi connectivity index (χ1v) is 17.7. The molecule has 0 aliphatic heterocycles. The normalized spacial score (nSPS) is 27.2. The molecule has 3 aliphatic rings. The Balaban J connectivity index is 2.77.